The standard InChI is InChI=1S/C22H34N5O10P/c1-20(2,3)36-18(28)31-12-34-38(30,35-13-32-19(29)37-21(4,5)6)14-33-22(7-8-22)10-27-11-25-15-9-24-17(23)26-16(15)27/h9,11H,7-8,10,12-14H2,1-6H3,(H2,23,24,26). The van der Waals surface area contributed by atoms with Gasteiger partial charge in [0.2, 0.25) is 19.5 Å². The molecule has 2 heterocycles. The van der Waals surface area contributed by atoms with Crippen LogP contribution in [-0.2, 0) is 43.8 Å². The van der Waals surface area contributed by atoms with Gasteiger partial charge >= 0.3 is 19.9 Å². The fourth-order valence-electron chi connectivity index (χ4n) is 2.98. The Balaban J connectivity index is 1.61. The maximum Gasteiger partial charge on any atom is 0.510 e. The fraction of sp³-hybridized carbons (Fsp3) is 0.682. The lowest BCUT2D eigenvalue weighted by atomic mass is 10.2. The molecule has 1 saturated carbocycles. The first-order valence-electron chi connectivity index (χ1n) is 11.7. The molecule has 2 N–H and O–H groups in total. The van der Waals surface area contributed by atoms with Crippen molar-refractivity contribution in [2.75, 3.05) is 25.7 Å². The van der Waals surface area contributed by atoms with Gasteiger partial charge in [-0.3, -0.25) is 13.6 Å². The second-order valence-corrected chi connectivity index (χ2v) is 12.6. The molecule has 1 fully saturated rings. The van der Waals surface area contributed by atoms with Crippen molar-refractivity contribution in [3.63, 3.8) is 0 Å². The zero-order valence-electron chi connectivity index (χ0n) is 22.3. The highest BCUT2D eigenvalue weighted by Gasteiger charge is 2.47. The largest absolute Gasteiger partial charge is 0.510 e. The number of nitrogens with zero attached hydrogens (tertiary/aromatic N) is 4. The van der Waals surface area contributed by atoms with Crippen LogP contribution in [-0.4, -0.2) is 68.6 Å². The predicted octanol–water partition coefficient (Wildman–Crippen LogP) is 3.96. The van der Waals surface area contributed by atoms with Gasteiger partial charge in [-0.2, -0.15) is 4.98 Å². The average Bonchev–Trinajstić information content (AvgIpc) is 3.43. The Morgan fingerprint density at radius 2 is 1.55 bits per heavy atom. The van der Waals surface area contributed by atoms with Crippen LogP contribution >= 0.6 is 7.60 Å². The molecule has 0 aliphatic heterocycles. The van der Waals surface area contributed by atoms with Crippen molar-refractivity contribution < 1.29 is 46.9 Å². The number of ether oxygens (including phenoxy) is 5. The SMILES string of the molecule is CC(C)(C)OC(=O)OCOP(=O)(COC1(Cn2cnc3cnc(N)nc32)CC1)OCOC(=O)OC(C)(C)C. The summed E-state index contributed by atoms with van der Waals surface area (Å²) in [5, 5.41) is 0. The Hall–Kier alpha value is -3.00. The molecule has 0 spiro atoms. The second kappa shape index (κ2) is 11.4. The maximum atomic E-state index is 13.4. The Morgan fingerprint density at radius 1 is 1.00 bits per heavy atom. The molecule has 0 unspecified atom stereocenters. The lowest BCUT2D eigenvalue weighted by Gasteiger charge is -2.23. The van der Waals surface area contributed by atoms with Crippen LogP contribution in [0.15, 0.2) is 12.5 Å². The minimum absolute atomic E-state index is 0.103. The number of carbonyl (C=O) groups is 2. The molecule has 0 radical (unpaired) electrons. The lowest BCUT2D eigenvalue weighted by Crippen LogP contribution is -2.26. The van der Waals surface area contributed by atoms with Crippen molar-refractivity contribution in [3.05, 3.63) is 12.5 Å². The minimum atomic E-state index is -4.09. The summed E-state index contributed by atoms with van der Waals surface area (Å²) in [7, 11) is -4.09. The van der Waals surface area contributed by atoms with Crippen LogP contribution in [0.1, 0.15) is 54.4 Å². The predicted molar refractivity (Wildman–Crippen MR) is 132 cm³/mol. The van der Waals surface area contributed by atoms with E-state index in [1.807, 2.05) is 0 Å². The molecule has 212 valence electrons. The smallest absolute Gasteiger partial charge is 0.429 e. The minimum Gasteiger partial charge on any atom is -0.429 e. The highest BCUT2D eigenvalue weighted by atomic mass is 31.2. The molecule has 2 aromatic heterocycles. The highest BCUT2D eigenvalue weighted by Crippen LogP contribution is 2.52. The maximum absolute atomic E-state index is 13.4. The van der Waals surface area contributed by atoms with Crippen molar-refractivity contribution in [3.8, 4) is 0 Å². The molecule has 2 aromatic rings. The van der Waals surface area contributed by atoms with Gasteiger partial charge in [0, 0.05) is 0 Å². The Bertz CT molecular complexity index is 1150. The van der Waals surface area contributed by atoms with Crippen LogP contribution in [0.2, 0.25) is 0 Å². The molecule has 0 bridgehead atoms. The van der Waals surface area contributed by atoms with Crippen molar-refractivity contribution in [1.82, 2.24) is 19.5 Å². The molecular weight excluding hydrogens is 525 g/mol. The lowest BCUT2D eigenvalue weighted by molar-refractivity contribution is -0.0568. The summed E-state index contributed by atoms with van der Waals surface area (Å²) in [5.41, 5.74) is 4.49. The highest BCUT2D eigenvalue weighted by molar-refractivity contribution is 7.53. The summed E-state index contributed by atoms with van der Waals surface area (Å²) < 4.78 is 51.3. The molecule has 0 amide bonds. The van der Waals surface area contributed by atoms with Gasteiger partial charge in [0.1, 0.15) is 23.1 Å². The van der Waals surface area contributed by atoms with Crippen LogP contribution in [0.4, 0.5) is 15.5 Å². The van der Waals surface area contributed by atoms with E-state index in [9.17, 15) is 14.2 Å². The molecule has 1 aliphatic rings. The van der Waals surface area contributed by atoms with Crippen LogP contribution in [0.25, 0.3) is 11.2 Å². The number of nitrogen functional groups attached to an aromatic ring is 1. The van der Waals surface area contributed by atoms with Crippen molar-refractivity contribution in [2.24, 2.45) is 0 Å². The number of nitrogens with two attached hydrogens (primary N) is 1. The topological polar surface area (TPSA) is 185 Å². The van der Waals surface area contributed by atoms with E-state index in [0.29, 0.717) is 30.6 Å². The van der Waals surface area contributed by atoms with Gasteiger partial charge in [-0.1, -0.05) is 0 Å². The van der Waals surface area contributed by atoms with E-state index < -0.39 is 56.6 Å². The van der Waals surface area contributed by atoms with Gasteiger partial charge in [-0.25, -0.2) is 19.6 Å². The second-order valence-electron chi connectivity index (χ2n) is 10.6. The first-order valence-corrected chi connectivity index (χ1v) is 13.5. The number of rotatable bonds is 11. The summed E-state index contributed by atoms with van der Waals surface area (Å²) in [5.74, 6) is 0.103. The monoisotopic (exact) mass is 559 g/mol. The van der Waals surface area contributed by atoms with Gasteiger partial charge in [0.25, 0.3) is 0 Å². The Morgan fingerprint density at radius 3 is 2.05 bits per heavy atom. The molecule has 16 heteroatoms. The molecule has 0 aromatic carbocycles. The molecule has 3 rings (SSSR count). The normalized spacial score (nSPS) is 15.2. The van der Waals surface area contributed by atoms with Gasteiger partial charge < -0.3 is 34.0 Å². The van der Waals surface area contributed by atoms with Crippen LogP contribution in [0.3, 0.4) is 0 Å². The van der Waals surface area contributed by atoms with E-state index in [-0.39, 0.29) is 5.95 Å². The van der Waals surface area contributed by atoms with E-state index in [2.05, 4.69) is 15.0 Å². The van der Waals surface area contributed by atoms with Crippen LogP contribution in [0.5, 0.6) is 0 Å². The molecule has 1 aliphatic carbocycles. The van der Waals surface area contributed by atoms with Gasteiger partial charge in [0.05, 0.1) is 24.7 Å². The number of imidazole rings is 1. The third kappa shape index (κ3) is 9.39. The zero-order valence-corrected chi connectivity index (χ0v) is 23.2. The van der Waals surface area contributed by atoms with Gasteiger partial charge in [-0.15, -0.1) is 0 Å². The molecular formula is C22H34N5O10P. The third-order valence-electron chi connectivity index (χ3n) is 4.80. The number of aromatic nitrogens is 4. The number of anilines is 1. The summed E-state index contributed by atoms with van der Waals surface area (Å²) in [6.07, 6.45) is 1.82. The van der Waals surface area contributed by atoms with Crippen LogP contribution in [0, 0.1) is 0 Å². The van der Waals surface area contributed by atoms with E-state index in [4.69, 9.17) is 38.5 Å². The average molecular weight is 560 g/mol. The summed E-state index contributed by atoms with van der Waals surface area (Å²) in [6, 6.07) is 0. The van der Waals surface area contributed by atoms with Gasteiger partial charge in [-0.05, 0) is 54.4 Å². The van der Waals surface area contributed by atoms with Crippen molar-refractivity contribution >= 4 is 37.0 Å². The Labute approximate surface area is 219 Å². The van der Waals surface area contributed by atoms with Crippen molar-refractivity contribution in [2.45, 2.75) is 77.7 Å². The summed E-state index contributed by atoms with van der Waals surface area (Å²) in [4.78, 5) is 36.0. The first kappa shape index (κ1) is 29.6. The zero-order chi connectivity index (χ0) is 28.2. The summed E-state index contributed by atoms with van der Waals surface area (Å²) in [6.45, 7) is 8.77. The van der Waals surface area contributed by atoms with E-state index >= 15 is 0 Å². The summed E-state index contributed by atoms with van der Waals surface area (Å²) >= 11 is 0. The first-order chi connectivity index (χ1) is 17.6. The fourth-order valence-corrected chi connectivity index (χ4v) is 4.06. The molecule has 0 atom stereocenters. The molecule has 15 nitrogen and oxygen atoms in total. The Kier molecular flexibility index (Phi) is 8.86. The van der Waals surface area contributed by atoms with E-state index in [0.717, 1.165) is 0 Å². The number of hydrogen-bond acceptors (Lipinski definition) is 14. The quantitative estimate of drug-likeness (QED) is 0.237. The van der Waals surface area contributed by atoms with E-state index in [1.54, 1.807) is 52.4 Å². The molecule has 0 saturated heterocycles. The number of fused-ring (bicyclic) bond motifs is 1. The molecule has 38 heavy (non-hydrogen) atoms. The third-order valence-corrected chi connectivity index (χ3v) is 6.25. The number of hydrogen-bond donors (Lipinski definition) is 1. The van der Waals surface area contributed by atoms with Gasteiger partial charge in [0.15, 0.2) is 5.65 Å². The van der Waals surface area contributed by atoms with Crippen LogP contribution < -0.4 is 5.73 Å². The van der Waals surface area contributed by atoms with Crippen molar-refractivity contribution in [1.29, 1.82) is 0 Å². The number of carbonyl (C=O) groups excluding carboxylic acids is 2. The van der Waals surface area contributed by atoms with E-state index in [1.165, 1.54) is 6.20 Å².